The molecule has 1 aromatic heterocycles. The van der Waals surface area contributed by atoms with Crippen LogP contribution in [-0.2, 0) is 17.6 Å². The van der Waals surface area contributed by atoms with Crippen LogP contribution in [0.15, 0.2) is 18.2 Å². The Bertz CT molecular complexity index is 740. The third-order valence-electron chi connectivity index (χ3n) is 4.44. The molecule has 3 rings (SSSR count). The Morgan fingerprint density at radius 1 is 1.35 bits per heavy atom. The van der Waals surface area contributed by atoms with Crippen molar-refractivity contribution < 1.29 is 9.53 Å². The van der Waals surface area contributed by atoms with Crippen molar-refractivity contribution in [3.05, 3.63) is 40.6 Å². The third-order valence-corrected chi connectivity index (χ3v) is 4.44. The van der Waals surface area contributed by atoms with Crippen LogP contribution < -0.4 is 5.32 Å². The second-order valence-electron chi connectivity index (χ2n) is 6.47. The second-order valence-corrected chi connectivity index (χ2v) is 6.47. The zero-order valence-electron chi connectivity index (χ0n) is 14.1. The summed E-state index contributed by atoms with van der Waals surface area (Å²) in [7, 11) is 1.65. The second kappa shape index (κ2) is 6.67. The number of pyridine rings is 1. The average Bonchev–Trinajstić information content (AvgIpc) is 2.52. The first-order valence-electron chi connectivity index (χ1n) is 8.32. The lowest BCUT2D eigenvalue weighted by Crippen LogP contribution is -2.36. The fourth-order valence-electron chi connectivity index (χ4n) is 3.38. The summed E-state index contributed by atoms with van der Waals surface area (Å²) >= 11 is 0. The van der Waals surface area contributed by atoms with E-state index in [1.807, 2.05) is 19.9 Å². The molecule has 2 aromatic rings. The quantitative estimate of drug-likeness (QED) is 0.943. The number of rotatable bonds is 4. The molecule has 0 spiro atoms. The first-order valence-corrected chi connectivity index (χ1v) is 8.32. The molecule has 1 amide bonds. The van der Waals surface area contributed by atoms with Crippen molar-refractivity contribution >= 4 is 16.8 Å². The summed E-state index contributed by atoms with van der Waals surface area (Å²) in [4.78, 5) is 17.7. The van der Waals surface area contributed by atoms with Gasteiger partial charge in [-0.2, -0.15) is 0 Å². The van der Waals surface area contributed by atoms with E-state index < -0.39 is 0 Å². The fourth-order valence-corrected chi connectivity index (χ4v) is 3.38. The molecule has 1 aliphatic carbocycles. The number of hydrogen-bond acceptors (Lipinski definition) is 3. The number of fused-ring (bicyclic) bond motifs is 2. The first-order chi connectivity index (χ1) is 11.1. The lowest BCUT2D eigenvalue weighted by molar-refractivity contribution is 0.0906. The van der Waals surface area contributed by atoms with E-state index in [1.54, 1.807) is 7.11 Å². The van der Waals surface area contributed by atoms with E-state index in [9.17, 15) is 4.79 Å². The van der Waals surface area contributed by atoms with Gasteiger partial charge in [0.25, 0.3) is 5.91 Å². The molecule has 1 aliphatic rings. The summed E-state index contributed by atoms with van der Waals surface area (Å²) in [5.41, 5.74) is 5.11. The van der Waals surface area contributed by atoms with Gasteiger partial charge in [0, 0.05) is 24.2 Å². The topological polar surface area (TPSA) is 51.2 Å². The molecule has 23 heavy (non-hydrogen) atoms. The van der Waals surface area contributed by atoms with Gasteiger partial charge in [-0.25, -0.2) is 0 Å². The Hall–Kier alpha value is -1.94. The monoisotopic (exact) mass is 312 g/mol. The number of aromatic nitrogens is 1. The molecule has 0 saturated carbocycles. The van der Waals surface area contributed by atoms with Gasteiger partial charge in [0.1, 0.15) is 0 Å². The third kappa shape index (κ3) is 3.22. The highest BCUT2D eigenvalue weighted by Gasteiger charge is 2.23. The van der Waals surface area contributed by atoms with Gasteiger partial charge in [0.05, 0.1) is 17.7 Å². The summed E-state index contributed by atoms with van der Waals surface area (Å²) < 4.78 is 5.13. The SMILES string of the molecule is COCC(C)NC(=O)c1c2c(nc3ccc(C)cc13)CCCC2. The molecule has 1 N–H and O–H groups in total. The molecule has 1 heterocycles. The van der Waals surface area contributed by atoms with E-state index in [0.29, 0.717) is 6.61 Å². The number of nitrogens with zero attached hydrogens (tertiary/aromatic N) is 1. The minimum atomic E-state index is -0.0141. The highest BCUT2D eigenvalue weighted by Crippen LogP contribution is 2.29. The van der Waals surface area contributed by atoms with Crippen molar-refractivity contribution in [3.8, 4) is 0 Å². The Labute approximate surface area is 137 Å². The molecular formula is C19H24N2O2. The van der Waals surface area contributed by atoms with Gasteiger partial charge >= 0.3 is 0 Å². The van der Waals surface area contributed by atoms with Gasteiger partial charge in [0.15, 0.2) is 0 Å². The molecular weight excluding hydrogens is 288 g/mol. The lowest BCUT2D eigenvalue weighted by Gasteiger charge is -2.22. The maximum atomic E-state index is 12.9. The molecule has 0 fully saturated rings. The van der Waals surface area contributed by atoms with Crippen LogP contribution >= 0.6 is 0 Å². The molecule has 0 bridgehead atoms. The van der Waals surface area contributed by atoms with Crippen molar-refractivity contribution in [2.45, 2.75) is 45.6 Å². The van der Waals surface area contributed by atoms with Gasteiger partial charge in [-0.3, -0.25) is 9.78 Å². The minimum absolute atomic E-state index is 0.00861. The van der Waals surface area contributed by atoms with E-state index in [0.717, 1.165) is 59.0 Å². The molecule has 1 unspecified atom stereocenters. The number of nitrogens with one attached hydrogen (secondary N) is 1. The van der Waals surface area contributed by atoms with Crippen molar-refractivity contribution in [1.29, 1.82) is 0 Å². The summed E-state index contributed by atoms with van der Waals surface area (Å²) in [6.45, 7) is 4.52. The Balaban J connectivity index is 2.12. The molecule has 4 nitrogen and oxygen atoms in total. The van der Waals surface area contributed by atoms with E-state index in [1.165, 1.54) is 0 Å². The largest absolute Gasteiger partial charge is 0.383 e. The van der Waals surface area contributed by atoms with Crippen LogP contribution in [0.1, 0.15) is 46.9 Å². The normalized spacial score (nSPS) is 15.3. The molecule has 122 valence electrons. The van der Waals surface area contributed by atoms with Gasteiger partial charge < -0.3 is 10.1 Å². The number of carbonyl (C=O) groups excluding carboxylic acids is 1. The molecule has 1 atom stereocenters. The molecule has 0 radical (unpaired) electrons. The van der Waals surface area contributed by atoms with Crippen LogP contribution in [0.3, 0.4) is 0 Å². The standard InChI is InChI=1S/C19H24N2O2/c1-12-8-9-17-15(10-12)18(19(22)20-13(2)11-23-3)14-6-4-5-7-16(14)21-17/h8-10,13H,4-7,11H2,1-3H3,(H,20,22). The smallest absolute Gasteiger partial charge is 0.252 e. The zero-order valence-corrected chi connectivity index (χ0v) is 14.1. The summed E-state index contributed by atoms with van der Waals surface area (Å²) in [6, 6.07) is 6.14. The maximum absolute atomic E-state index is 12.9. The van der Waals surface area contributed by atoms with Crippen molar-refractivity contribution in [3.63, 3.8) is 0 Å². The Kier molecular flexibility index (Phi) is 4.62. The summed E-state index contributed by atoms with van der Waals surface area (Å²) in [6.07, 6.45) is 4.18. The van der Waals surface area contributed by atoms with Crippen LogP contribution in [-0.4, -0.2) is 30.6 Å². The van der Waals surface area contributed by atoms with Crippen molar-refractivity contribution in [2.75, 3.05) is 13.7 Å². The van der Waals surface area contributed by atoms with Gasteiger partial charge in [0.2, 0.25) is 0 Å². The van der Waals surface area contributed by atoms with E-state index in [2.05, 4.69) is 17.4 Å². The number of ether oxygens (including phenoxy) is 1. The minimum Gasteiger partial charge on any atom is -0.383 e. The fraction of sp³-hybridized carbons (Fsp3) is 0.474. The predicted octanol–water partition coefficient (Wildman–Crippen LogP) is 3.19. The number of benzene rings is 1. The zero-order chi connectivity index (χ0) is 16.4. The van der Waals surface area contributed by atoms with Crippen LogP contribution in [0.2, 0.25) is 0 Å². The van der Waals surface area contributed by atoms with Crippen molar-refractivity contribution in [1.82, 2.24) is 10.3 Å². The highest BCUT2D eigenvalue weighted by molar-refractivity contribution is 6.08. The number of methoxy groups -OCH3 is 1. The molecule has 4 heteroatoms. The van der Waals surface area contributed by atoms with Gasteiger partial charge in [-0.1, -0.05) is 11.6 Å². The summed E-state index contributed by atoms with van der Waals surface area (Å²) in [5.74, 6) is -0.00861. The summed E-state index contributed by atoms with van der Waals surface area (Å²) in [5, 5.41) is 4.03. The average molecular weight is 312 g/mol. The van der Waals surface area contributed by atoms with Gasteiger partial charge in [-0.15, -0.1) is 0 Å². The number of carbonyl (C=O) groups is 1. The molecule has 1 aromatic carbocycles. The molecule has 0 aliphatic heterocycles. The van der Waals surface area contributed by atoms with Gasteiger partial charge in [-0.05, 0) is 57.2 Å². The van der Waals surface area contributed by atoms with Crippen LogP contribution in [0, 0.1) is 6.92 Å². The van der Waals surface area contributed by atoms with Crippen LogP contribution in [0.4, 0.5) is 0 Å². The van der Waals surface area contributed by atoms with E-state index >= 15 is 0 Å². The van der Waals surface area contributed by atoms with E-state index in [4.69, 9.17) is 9.72 Å². The van der Waals surface area contributed by atoms with Crippen molar-refractivity contribution in [2.24, 2.45) is 0 Å². The van der Waals surface area contributed by atoms with Crippen LogP contribution in [0.5, 0.6) is 0 Å². The predicted molar refractivity (Wildman–Crippen MR) is 91.9 cm³/mol. The Morgan fingerprint density at radius 2 is 2.13 bits per heavy atom. The highest BCUT2D eigenvalue weighted by atomic mass is 16.5. The number of aryl methyl sites for hydroxylation is 2. The number of hydrogen-bond donors (Lipinski definition) is 1. The van der Waals surface area contributed by atoms with Crippen LogP contribution in [0.25, 0.3) is 10.9 Å². The molecule has 0 saturated heterocycles. The first kappa shape index (κ1) is 15.9. The van der Waals surface area contributed by atoms with E-state index in [-0.39, 0.29) is 11.9 Å². The maximum Gasteiger partial charge on any atom is 0.252 e. The lowest BCUT2D eigenvalue weighted by atomic mass is 9.89. The Morgan fingerprint density at radius 3 is 2.91 bits per heavy atom. The number of amides is 1.